The third-order valence-corrected chi connectivity index (χ3v) is 3.61. The minimum absolute atomic E-state index is 0.00294. The normalized spacial score (nSPS) is 13.5. The van der Waals surface area contributed by atoms with Crippen molar-refractivity contribution >= 4 is 5.91 Å². The molecule has 0 fully saturated rings. The van der Waals surface area contributed by atoms with E-state index in [9.17, 15) is 9.18 Å². The van der Waals surface area contributed by atoms with Crippen LogP contribution in [-0.4, -0.2) is 5.91 Å². The van der Waals surface area contributed by atoms with Crippen molar-refractivity contribution < 1.29 is 9.18 Å². The van der Waals surface area contributed by atoms with E-state index in [1.165, 1.54) is 12.1 Å². The zero-order valence-electron chi connectivity index (χ0n) is 12.3. The van der Waals surface area contributed by atoms with Crippen LogP contribution in [0.15, 0.2) is 54.6 Å². The van der Waals surface area contributed by atoms with Gasteiger partial charge in [-0.15, -0.1) is 0 Å². The van der Waals surface area contributed by atoms with Gasteiger partial charge in [-0.1, -0.05) is 49.4 Å². The van der Waals surface area contributed by atoms with Crippen molar-refractivity contribution in [2.45, 2.75) is 32.2 Å². The molecule has 0 radical (unpaired) electrons. The summed E-state index contributed by atoms with van der Waals surface area (Å²) in [4.78, 5) is 12.1. The topological polar surface area (TPSA) is 29.1 Å². The molecule has 0 bridgehead atoms. The molecule has 1 N–H and O–H groups in total. The first-order valence-electron chi connectivity index (χ1n) is 7.16. The molecular formula is C18H20FNO. The molecule has 0 aliphatic rings. The highest BCUT2D eigenvalue weighted by Gasteiger charge is 2.14. The van der Waals surface area contributed by atoms with Gasteiger partial charge in [-0.3, -0.25) is 4.79 Å². The maximum atomic E-state index is 12.9. The van der Waals surface area contributed by atoms with Gasteiger partial charge in [0.2, 0.25) is 5.91 Å². The first-order chi connectivity index (χ1) is 10.1. The number of hydrogen-bond donors (Lipinski definition) is 1. The predicted octanol–water partition coefficient (Wildman–Crippen LogP) is 4.20. The summed E-state index contributed by atoms with van der Waals surface area (Å²) < 4.78 is 12.9. The fraction of sp³-hybridized carbons (Fsp3) is 0.278. The van der Waals surface area contributed by atoms with Crippen LogP contribution in [0.5, 0.6) is 0 Å². The molecule has 2 nitrogen and oxygen atoms in total. The van der Waals surface area contributed by atoms with Crippen molar-refractivity contribution in [1.29, 1.82) is 0 Å². The van der Waals surface area contributed by atoms with Gasteiger partial charge >= 0.3 is 0 Å². The second-order valence-corrected chi connectivity index (χ2v) is 5.36. The van der Waals surface area contributed by atoms with Gasteiger partial charge in [0, 0.05) is 6.42 Å². The summed E-state index contributed by atoms with van der Waals surface area (Å²) in [6, 6.07) is 16.2. The maximum absolute atomic E-state index is 12.9. The van der Waals surface area contributed by atoms with Crippen LogP contribution in [0.3, 0.4) is 0 Å². The molecule has 110 valence electrons. The second kappa shape index (κ2) is 7.02. The lowest BCUT2D eigenvalue weighted by Crippen LogP contribution is -2.27. The third kappa shape index (κ3) is 4.42. The van der Waals surface area contributed by atoms with Gasteiger partial charge in [0.15, 0.2) is 0 Å². The smallest absolute Gasteiger partial charge is 0.221 e. The Balaban J connectivity index is 1.91. The average molecular weight is 285 g/mol. The summed E-state index contributed by atoms with van der Waals surface area (Å²) in [6.45, 7) is 3.94. The fourth-order valence-corrected chi connectivity index (χ4v) is 2.31. The molecule has 2 unspecified atom stereocenters. The number of amides is 1. The summed E-state index contributed by atoms with van der Waals surface area (Å²) in [7, 11) is 0. The number of carbonyl (C=O) groups excluding carboxylic acids is 1. The number of rotatable bonds is 5. The van der Waals surface area contributed by atoms with Crippen LogP contribution in [0.25, 0.3) is 0 Å². The highest BCUT2D eigenvalue weighted by Crippen LogP contribution is 2.20. The minimum Gasteiger partial charge on any atom is -0.350 e. The first kappa shape index (κ1) is 15.2. The van der Waals surface area contributed by atoms with Crippen molar-refractivity contribution in [3.05, 3.63) is 71.5 Å². The molecule has 0 spiro atoms. The molecular weight excluding hydrogens is 265 g/mol. The molecule has 2 aromatic carbocycles. The Bertz CT molecular complexity index is 580. The third-order valence-electron chi connectivity index (χ3n) is 3.61. The van der Waals surface area contributed by atoms with Crippen molar-refractivity contribution in [2.24, 2.45) is 0 Å². The van der Waals surface area contributed by atoms with Gasteiger partial charge in [-0.2, -0.15) is 0 Å². The number of benzene rings is 2. The van der Waals surface area contributed by atoms with E-state index in [1.54, 1.807) is 12.1 Å². The summed E-state index contributed by atoms with van der Waals surface area (Å²) in [5, 5.41) is 3.00. The van der Waals surface area contributed by atoms with Gasteiger partial charge in [0.25, 0.3) is 0 Å². The Labute approximate surface area is 125 Å². The molecule has 21 heavy (non-hydrogen) atoms. The van der Waals surface area contributed by atoms with Gasteiger partial charge in [-0.25, -0.2) is 4.39 Å². The summed E-state index contributed by atoms with van der Waals surface area (Å²) in [5.41, 5.74) is 2.05. The molecule has 3 heteroatoms. The van der Waals surface area contributed by atoms with Crippen LogP contribution < -0.4 is 5.32 Å². The van der Waals surface area contributed by atoms with E-state index in [0.717, 1.165) is 11.1 Å². The average Bonchev–Trinajstić information content (AvgIpc) is 2.48. The molecule has 0 aliphatic heterocycles. The van der Waals surface area contributed by atoms with Gasteiger partial charge < -0.3 is 5.32 Å². The van der Waals surface area contributed by atoms with E-state index in [0.29, 0.717) is 6.42 Å². The lowest BCUT2D eigenvalue weighted by atomic mass is 9.97. The lowest BCUT2D eigenvalue weighted by molar-refractivity contribution is -0.122. The Morgan fingerprint density at radius 3 is 2.24 bits per heavy atom. The molecule has 0 aromatic heterocycles. The lowest BCUT2D eigenvalue weighted by Gasteiger charge is -2.17. The quantitative estimate of drug-likeness (QED) is 0.876. The molecule has 0 aliphatic carbocycles. The van der Waals surface area contributed by atoms with E-state index in [4.69, 9.17) is 0 Å². The second-order valence-electron chi connectivity index (χ2n) is 5.36. The zero-order valence-corrected chi connectivity index (χ0v) is 12.3. The van der Waals surface area contributed by atoms with E-state index >= 15 is 0 Å². The fourth-order valence-electron chi connectivity index (χ4n) is 2.31. The van der Waals surface area contributed by atoms with Crippen molar-refractivity contribution in [1.82, 2.24) is 5.32 Å². The van der Waals surface area contributed by atoms with E-state index in [2.05, 4.69) is 5.32 Å². The van der Waals surface area contributed by atoms with E-state index in [1.807, 2.05) is 44.2 Å². The summed E-state index contributed by atoms with van der Waals surface area (Å²) >= 11 is 0. The summed E-state index contributed by atoms with van der Waals surface area (Å²) in [6.07, 6.45) is 0.392. The highest BCUT2D eigenvalue weighted by molar-refractivity contribution is 5.77. The largest absolute Gasteiger partial charge is 0.350 e. The molecule has 2 aromatic rings. The van der Waals surface area contributed by atoms with Crippen LogP contribution in [0.4, 0.5) is 4.39 Å². The van der Waals surface area contributed by atoms with E-state index in [-0.39, 0.29) is 23.7 Å². The van der Waals surface area contributed by atoms with Crippen molar-refractivity contribution in [3.63, 3.8) is 0 Å². The predicted molar refractivity (Wildman–Crippen MR) is 82.4 cm³/mol. The van der Waals surface area contributed by atoms with Crippen LogP contribution >= 0.6 is 0 Å². The standard InChI is InChI=1S/C18H20FNO/c1-13(15-8-10-17(19)11-9-15)12-18(21)20-14(2)16-6-4-3-5-7-16/h3-11,13-14H,12H2,1-2H3,(H,20,21). The SMILES string of the molecule is CC(CC(=O)NC(C)c1ccccc1)c1ccc(F)cc1. The Morgan fingerprint density at radius 1 is 1.00 bits per heavy atom. The van der Waals surface area contributed by atoms with Crippen molar-refractivity contribution in [2.75, 3.05) is 0 Å². The zero-order chi connectivity index (χ0) is 15.2. The van der Waals surface area contributed by atoms with Crippen LogP contribution in [0.1, 0.15) is 43.4 Å². The Kier molecular flexibility index (Phi) is 5.09. The molecule has 2 rings (SSSR count). The van der Waals surface area contributed by atoms with Crippen molar-refractivity contribution in [3.8, 4) is 0 Å². The molecule has 1 amide bonds. The first-order valence-corrected chi connectivity index (χ1v) is 7.16. The van der Waals surface area contributed by atoms with E-state index < -0.39 is 0 Å². The Hall–Kier alpha value is -2.16. The number of carbonyl (C=O) groups is 1. The molecule has 0 saturated carbocycles. The number of hydrogen-bond acceptors (Lipinski definition) is 1. The monoisotopic (exact) mass is 285 g/mol. The summed E-state index contributed by atoms with van der Waals surface area (Å²) in [5.74, 6) is -0.190. The van der Waals surface area contributed by atoms with Gasteiger partial charge in [0.1, 0.15) is 5.82 Å². The minimum atomic E-state index is -0.256. The highest BCUT2D eigenvalue weighted by atomic mass is 19.1. The number of nitrogens with one attached hydrogen (secondary N) is 1. The molecule has 2 atom stereocenters. The Morgan fingerprint density at radius 2 is 1.62 bits per heavy atom. The number of halogens is 1. The van der Waals surface area contributed by atoms with Crippen LogP contribution in [0, 0.1) is 5.82 Å². The van der Waals surface area contributed by atoms with Crippen LogP contribution in [0.2, 0.25) is 0 Å². The van der Waals surface area contributed by atoms with Gasteiger partial charge in [0.05, 0.1) is 6.04 Å². The molecule has 0 heterocycles. The molecule has 0 saturated heterocycles. The van der Waals surface area contributed by atoms with Gasteiger partial charge in [-0.05, 0) is 36.1 Å². The maximum Gasteiger partial charge on any atom is 0.221 e. The van der Waals surface area contributed by atoms with Crippen LogP contribution in [-0.2, 0) is 4.79 Å².